The summed E-state index contributed by atoms with van der Waals surface area (Å²) in [4.78, 5) is 17.4. The van der Waals surface area contributed by atoms with Crippen LogP contribution in [0.3, 0.4) is 0 Å². The fraction of sp³-hybridized carbons (Fsp3) is 0.944. The molecule has 2 rings (SSSR count). The first-order chi connectivity index (χ1) is 10.9. The van der Waals surface area contributed by atoms with Crippen LogP contribution in [0, 0.1) is 5.92 Å². The Balaban J connectivity index is 2.00. The van der Waals surface area contributed by atoms with Gasteiger partial charge in [-0.1, -0.05) is 13.8 Å². The number of amides is 1. The lowest BCUT2D eigenvalue weighted by atomic mass is 9.85. The zero-order valence-electron chi connectivity index (χ0n) is 15.4. The van der Waals surface area contributed by atoms with Gasteiger partial charge < -0.3 is 15.0 Å². The molecule has 23 heavy (non-hydrogen) atoms. The van der Waals surface area contributed by atoms with E-state index in [2.05, 4.69) is 42.8 Å². The minimum absolute atomic E-state index is 0.0608. The third-order valence-corrected chi connectivity index (χ3v) is 5.11. The van der Waals surface area contributed by atoms with Crippen molar-refractivity contribution in [1.82, 2.24) is 15.1 Å². The molecule has 0 aromatic heterocycles. The minimum Gasteiger partial charge on any atom is -0.379 e. The quantitative estimate of drug-likeness (QED) is 0.808. The molecule has 0 aliphatic carbocycles. The summed E-state index contributed by atoms with van der Waals surface area (Å²) >= 11 is 0. The summed E-state index contributed by atoms with van der Waals surface area (Å²) in [5.41, 5.74) is -0.0608. The molecular formula is C18H35N3O2. The third kappa shape index (κ3) is 5.73. The van der Waals surface area contributed by atoms with Gasteiger partial charge in [-0.3, -0.25) is 9.69 Å². The van der Waals surface area contributed by atoms with Crippen LogP contribution in [0.4, 0.5) is 0 Å². The molecule has 0 unspecified atom stereocenters. The zero-order valence-corrected chi connectivity index (χ0v) is 15.4. The predicted octanol–water partition coefficient (Wildman–Crippen LogP) is 1.72. The maximum atomic E-state index is 12.4. The van der Waals surface area contributed by atoms with E-state index in [0.29, 0.717) is 18.4 Å². The van der Waals surface area contributed by atoms with Crippen LogP contribution in [0.15, 0.2) is 0 Å². The molecule has 2 aliphatic heterocycles. The van der Waals surface area contributed by atoms with Crippen molar-refractivity contribution >= 4 is 5.91 Å². The summed E-state index contributed by atoms with van der Waals surface area (Å²) in [5, 5.41) is 3.42. The number of nitrogens with zero attached hydrogens (tertiary/aromatic N) is 2. The Morgan fingerprint density at radius 1 is 1.09 bits per heavy atom. The lowest BCUT2D eigenvalue weighted by Gasteiger charge is -2.46. The maximum absolute atomic E-state index is 12.4. The summed E-state index contributed by atoms with van der Waals surface area (Å²) in [6, 6.07) is 0.586. The lowest BCUT2D eigenvalue weighted by Crippen LogP contribution is -2.62. The Morgan fingerprint density at radius 3 is 2.22 bits per heavy atom. The molecule has 0 spiro atoms. The average Bonchev–Trinajstić information content (AvgIpc) is 2.47. The molecule has 0 saturated carbocycles. The van der Waals surface area contributed by atoms with Crippen molar-refractivity contribution in [3.05, 3.63) is 0 Å². The van der Waals surface area contributed by atoms with Gasteiger partial charge in [0, 0.05) is 45.2 Å². The average molecular weight is 325 g/mol. The van der Waals surface area contributed by atoms with Crippen molar-refractivity contribution in [2.75, 3.05) is 45.9 Å². The summed E-state index contributed by atoms with van der Waals surface area (Å²) in [6.45, 7) is 15.4. The monoisotopic (exact) mass is 325 g/mol. The minimum atomic E-state index is -0.0608. The van der Waals surface area contributed by atoms with E-state index in [-0.39, 0.29) is 11.4 Å². The molecule has 0 bridgehead atoms. The predicted molar refractivity (Wildman–Crippen MR) is 93.5 cm³/mol. The topological polar surface area (TPSA) is 44.8 Å². The van der Waals surface area contributed by atoms with Gasteiger partial charge >= 0.3 is 0 Å². The van der Waals surface area contributed by atoms with Crippen LogP contribution < -0.4 is 5.32 Å². The molecule has 2 fully saturated rings. The number of carbonyl (C=O) groups is 1. The van der Waals surface area contributed by atoms with Crippen molar-refractivity contribution in [3.8, 4) is 0 Å². The van der Waals surface area contributed by atoms with Gasteiger partial charge in [0.1, 0.15) is 0 Å². The van der Waals surface area contributed by atoms with Crippen LogP contribution in [-0.2, 0) is 9.53 Å². The van der Waals surface area contributed by atoms with Crippen molar-refractivity contribution in [3.63, 3.8) is 0 Å². The summed E-state index contributed by atoms with van der Waals surface area (Å²) in [5.74, 6) is 0.623. The molecule has 1 amide bonds. The Hall–Kier alpha value is -0.650. The van der Waals surface area contributed by atoms with E-state index in [1.54, 1.807) is 0 Å². The van der Waals surface area contributed by atoms with Crippen LogP contribution in [0.5, 0.6) is 0 Å². The molecule has 0 atom stereocenters. The highest BCUT2D eigenvalue weighted by Crippen LogP contribution is 2.26. The molecule has 2 heterocycles. The zero-order chi connectivity index (χ0) is 16.9. The Labute approximate surface area is 141 Å². The van der Waals surface area contributed by atoms with E-state index in [1.807, 2.05) is 0 Å². The number of likely N-dealkylation sites (tertiary alicyclic amines) is 1. The number of rotatable bonds is 6. The smallest absolute Gasteiger partial charge is 0.220 e. The molecular weight excluding hydrogens is 290 g/mol. The number of morpholine rings is 1. The van der Waals surface area contributed by atoms with Gasteiger partial charge in [-0.2, -0.15) is 0 Å². The van der Waals surface area contributed by atoms with Crippen LogP contribution in [0.2, 0.25) is 0 Å². The Bertz CT molecular complexity index is 370. The van der Waals surface area contributed by atoms with E-state index in [4.69, 9.17) is 4.74 Å². The molecule has 0 radical (unpaired) electrons. The van der Waals surface area contributed by atoms with Gasteiger partial charge in [-0.15, -0.1) is 0 Å². The Kier molecular flexibility index (Phi) is 6.86. The summed E-state index contributed by atoms with van der Waals surface area (Å²) in [7, 11) is 0. The molecule has 2 saturated heterocycles. The van der Waals surface area contributed by atoms with E-state index in [1.165, 1.54) is 0 Å². The number of hydrogen-bond acceptors (Lipinski definition) is 4. The largest absolute Gasteiger partial charge is 0.379 e. The first-order valence-electron chi connectivity index (χ1n) is 9.25. The van der Waals surface area contributed by atoms with E-state index >= 15 is 0 Å². The summed E-state index contributed by atoms with van der Waals surface area (Å²) < 4.78 is 5.47. The van der Waals surface area contributed by atoms with Crippen molar-refractivity contribution < 1.29 is 9.53 Å². The number of carbonyl (C=O) groups excluding carboxylic acids is 1. The Morgan fingerprint density at radius 2 is 1.70 bits per heavy atom. The van der Waals surface area contributed by atoms with Crippen LogP contribution in [0.1, 0.15) is 47.0 Å². The lowest BCUT2D eigenvalue weighted by molar-refractivity contribution is -0.125. The second-order valence-electron chi connectivity index (χ2n) is 7.94. The normalized spacial score (nSPS) is 23.4. The standard InChI is InChI=1S/C18H35N3O2/c1-15(2)13-17(22)19-18(14-20-9-11-23-12-10-20)5-7-21(8-6-18)16(3)4/h15-16H,5-14H2,1-4H3,(H,19,22). The van der Waals surface area contributed by atoms with Crippen LogP contribution in [0.25, 0.3) is 0 Å². The fourth-order valence-corrected chi connectivity index (χ4v) is 3.70. The first kappa shape index (κ1) is 18.7. The van der Waals surface area contributed by atoms with Gasteiger partial charge in [-0.25, -0.2) is 0 Å². The second-order valence-corrected chi connectivity index (χ2v) is 7.94. The maximum Gasteiger partial charge on any atom is 0.220 e. The highest BCUT2D eigenvalue weighted by atomic mass is 16.5. The van der Waals surface area contributed by atoms with Crippen LogP contribution >= 0.6 is 0 Å². The molecule has 5 heteroatoms. The van der Waals surface area contributed by atoms with Crippen molar-refractivity contribution in [2.45, 2.75) is 58.5 Å². The van der Waals surface area contributed by atoms with Gasteiger partial charge in [0.25, 0.3) is 0 Å². The molecule has 2 aliphatic rings. The number of ether oxygens (including phenoxy) is 1. The van der Waals surface area contributed by atoms with Crippen molar-refractivity contribution in [2.24, 2.45) is 5.92 Å². The van der Waals surface area contributed by atoms with Crippen LogP contribution in [-0.4, -0.2) is 73.2 Å². The number of nitrogens with one attached hydrogen (secondary N) is 1. The molecule has 5 nitrogen and oxygen atoms in total. The molecule has 0 aromatic rings. The number of hydrogen-bond donors (Lipinski definition) is 1. The van der Waals surface area contributed by atoms with Crippen molar-refractivity contribution in [1.29, 1.82) is 0 Å². The van der Waals surface area contributed by atoms with Gasteiger partial charge in [-0.05, 0) is 32.6 Å². The third-order valence-electron chi connectivity index (χ3n) is 5.11. The van der Waals surface area contributed by atoms with Gasteiger partial charge in [0.2, 0.25) is 5.91 Å². The second kappa shape index (κ2) is 8.45. The van der Waals surface area contributed by atoms with Gasteiger partial charge in [0.15, 0.2) is 0 Å². The van der Waals surface area contributed by atoms with E-state index in [0.717, 1.165) is 58.8 Å². The first-order valence-corrected chi connectivity index (χ1v) is 9.25. The number of piperidine rings is 1. The molecule has 1 N–H and O–H groups in total. The van der Waals surface area contributed by atoms with E-state index < -0.39 is 0 Å². The SMILES string of the molecule is CC(C)CC(=O)NC1(CN2CCOCC2)CCN(C(C)C)CC1. The highest BCUT2D eigenvalue weighted by Gasteiger charge is 2.38. The fourth-order valence-electron chi connectivity index (χ4n) is 3.70. The van der Waals surface area contributed by atoms with Gasteiger partial charge in [0.05, 0.1) is 18.8 Å². The van der Waals surface area contributed by atoms with E-state index in [9.17, 15) is 4.79 Å². The highest BCUT2D eigenvalue weighted by molar-refractivity contribution is 5.77. The molecule has 134 valence electrons. The summed E-state index contributed by atoms with van der Waals surface area (Å²) in [6.07, 6.45) is 2.72. The molecule has 0 aromatic carbocycles.